The molecule has 214 valence electrons. The Kier molecular flexibility index (Phi) is 5.22. The maximum Gasteiger partial charge on any atom is 0.162 e. The van der Waals surface area contributed by atoms with Crippen LogP contribution in [0.3, 0.4) is 0 Å². The van der Waals surface area contributed by atoms with E-state index < -0.39 is 0 Å². The highest BCUT2D eigenvalue weighted by atomic mass is 15.1. The van der Waals surface area contributed by atoms with Gasteiger partial charge in [-0.1, -0.05) is 121 Å². The monoisotopic (exact) mass is 587 g/mol. The van der Waals surface area contributed by atoms with E-state index in [2.05, 4.69) is 136 Å². The lowest BCUT2D eigenvalue weighted by molar-refractivity contribution is 1.05. The third kappa shape index (κ3) is 3.54. The second-order valence-corrected chi connectivity index (χ2v) is 11.7. The Labute approximate surface area is 263 Å². The minimum atomic E-state index is 0.692. The molecule has 0 radical (unpaired) electrons. The highest BCUT2D eigenvalue weighted by Gasteiger charge is 2.21. The molecule has 10 aromatic rings. The standard InChI is InChI=1S/C41H25N5/c1-3-13-26(14-4-1)33-25-37(44-40(42-33)27-15-5-2-6-16-27)45-34-21-11-9-19-31(34)38-36(45)24-23-29-28-17-7-8-18-30(28)41-43-32-20-10-12-22-35(32)46(41)39(29)38/h1-25H. The van der Waals surface area contributed by atoms with Gasteiger partial charge in [0.15, 0.2) is 5.82 Å². The number of hydrogen-bond donors (Lipinski definition) is 0. The highest BCUT2D eigenvalue weighted by Crippen LogP contribution is 2.41. The molecule has 0 aliphatic carbocycles. The molecule has 0 fully saturated rings. The first-order valence-corrected chi connectivity index (χ1v) is 15.5. The Morgan fingerprint density at radius 1 is 0.435 bits per heavy atom. The van der Waals surface area contributed by atoms with E-state index >= 15 is 0 Å². The number of rotatable bonds is 3. The van der Waals surface area contributed by atoms with E-state index in [1.54, 1.807) is 0 Å². The predicted molar refractivity (Wildman–Crippen MR) is 189 cm³/mol. The van der Waals surface area contributed by atoms with Gasteiger partial charge in [0.05, 0.1) is 33.3 Å². The van der Waals surface area contributed by atoms with Crippen LogP contribution >= 0.6 is 0 Å². The first-order valence-electron chi connectivity index (χ1n) is 15.5. The summed E-state index contributed by atoms with van der Waals surface area (Å²) in [5.41, 5.74) is 9.27. The van der Waals surface area contributed by atoms with Crippen molar-refractivity contribution in [2.24, 2.45) is 0 Å². The Morgan fingerprint density at radius 3 is 1.89 bits per heavy atom. The maximum atomic E-state index is 5.24. The van der Waals surface area contributed by atoms with Gasteiger partial charge in [-0.25, -0.2) is 15.0 Å². The number of imidazole rings is 1. The number of hydrogen-bond acceptors (Lipinski definition) is 3. The minimum Gasteiger partial charge on any atom is -0.294 e. The summed E-state index contributed by atoms with van der Waals surface area (Å²) in [4.78, 5) is 15.5. The summed E-state index contributed by atoms with van der Waals surface area (Å²) in [6.07, 6.45) is 0. The Balaban J connectivity index is 1.39. The average molecular weight is 588 g/mol. The van der Waals surface area contributed by atoms with Crippen LogP contribution in [0.2, 0.25) is 0 Å². The molecular weight excluding hydrogens is 562 g/mol. The fraction of sp³-hybridized carbons (Fsp3) is 0. The van der Waals surface area contributed by atoms with E-state index in [-0.39, 0.29) is 0 Å². The zero-order chi connectivity index (χ0) is 30.2. The van der Waals surface area contributed by atoms with Gasteiger partial charge in [0.1, 0.15) is 11.5 Å². The van der Waals surface area contributed by atoms with Crippen LogP contribution in [-0.2, 0) is 0 Å². The van der Waals surface area contributed by atoms with Crippen molar-refractivity contribution < 1.29 is 0 Å². The van der Waals surface area contributed by atoms with Crippen LogP contribution in [0.5, 0.6) is 0 Å². The summed E-state index contributed by atoms with van der Waals surface area (Å²) >= 11 is 0. The van der Waals surface area contributed by atoms with Crippen molar-refractivity contribution in [3.05, 3.63) is 152 Å². The number of pyridine rings is 1. The molecule has 0 amide bonds. The summed E-state index contributed by atoms with van der Waals surface area (Å²) < 4.78 is 4.65. The minimum absolute atomic E-state index is 0.692. The largest absolute Gasteiger partial charge is 0.294 e. The van der Waals surface area contributed by atoms with Gasteiger partial charge < -0.3 is 0 Å². The van der Waals surface area contributed by atoms with E-state index in [1.165, 1.54) is 21.5 Å². The molecule has 0 aliphatic rings. The lowest BCUT2D eigenvalue weighted by atomic mass is 10.0. The number of aromatic nitrogens is 5. The van der Waals surface area contributed by atoms with E-state index in [0.29, 0.717) is 5.82 Å². The molecule has 0 saturated heterocycles. The molecule has 5 heteroatoms. The van der Waals surface area contributed by atoms with Gasteiger partial charge in [0.25, 0.3) is 0 Å². The fourth-order valence-corrected chi connectivity index (χ4v) is 7.11. The van der Waals surface area contributed by atoms with Crippen LogP contribution in [0.4, 0.5) is 0 Å². The molecule has 0 bridgehead atoms. The Morgan fingerprint density at radius 2 is 1.09 bits per heavy atom. The predicted octanol–water partition coefficient (Wildman–Crippen LogP) is 10.0. The van der Waals surface area contributed by atoms with Crippen molar-refractivity contribution in [1.29, 1.82) is 0 Å². The van der Waals surface area contributed by atoms with E-state index in [9.17, 15) is 0 Å². The second-order valence-electron chi connectivity index (χ2n) is 11.7. The van der Waals surface area contributed by atoms with Crippen LogP contribution < -0.4 is 0 Å². The average Bonchev–Trinajstić information content (AvgIpc) is 3.69. The fourth-order valence-electron chi connectivity index (χ4n) is 7.11. The smallest absolute Gasteiger partial charge is 0.162 e. The van der Waals surface area contributed by atoms with Gasteiger partial charge in [-0.15, -0.1) is 0 Å². The molecule has 0 saturated carbocycles. The lowest BCUT2D eigenvalue weighted by Gasteiger charge is -2.13. The van der Waals surface area contributed by atoms with Gasteiger partial charge in [-0.2, -0.15) is 0 Å². The first kappa shape index (κ1) is 25.0. The van der Waals surface area contributed by atoms with E-state index in [0.717, 1.165) is 61.3 Å². The number of benzene rings is 6. The number of nitrogens with zero attached hydrogens (tertiary/aromatic N) is 5. The van der Waals surface area contributed by atoms with Crippen molar-refractivity contribution in [3.63, 3.8) is 0 Å². The molecule has 0 N–H and O–H groups in total. The summed E-state index contributed by atoms with van der Waals surface area (Å²) in [5.74, 6) is 1.52. The Hall–Kier alpha value is -6.33. The van der Waals surface area contributed by atoms with Crippen molar-refractivity contribution in [1.82, 2.24) is 23.9 Å². The SMILES string of the molecule is c1ccc(-c2cc(-n3c4ccccc4c4c3ccc3c5ccccc5c5nc6ccccc6n5c34)nc(-c3ccccc3)n2)cc1. The van der Waals surface area contributed by atoms with Gasteiger partial charge in [-0.05, 0) is 29.7 Å². The third-order valence-corrected chi connectivity index (χ3v) is 9.10. The summed E-state index contributed by atoms with van der Waals surface area (Å²) in [7, 11) is 0. The van der Waals surface area contributed by atoms with Crippen LogP contribution in [0.25, 0.3) is 88.6 Å². The molecule has 4 heterocycles. The van der Waals surface area contributed by atoms with Crippen LogP contribution in [0.1, 0.15) is 0 Å². The van der Waals surface area contributed by atoms with E-state index in [4.69, 9.17) is 15.0 Å². The summed E-state index contributed by atoms with van der Waals surface area (Å²) in [6.45, 7) is 0. The van der Waals surface area contributed by atoms with Crippen molar-refractivity contribution >= 4 is 60.2 Å². The van der Waals surface area contributed by atoms with Crippen molar-refractivity contribution in [3.8, 4) is 28.5 Å². The number of para-hydroxylation sites is 3. The highest BCUT2D eigenvalue weighted by molar-refractivity contribution is 6.26. The molecule has 0 atom stereocenters. The number of fused-ring (bicyclic) bond motifs is 12. The zero-order valence-corrected chi connectivity index (χ0v) is 24.7. The van der Waals surface area contributed by atoms with Crippen LogP contribution in [0.15, 0.2) is 152 Å². The van der Waals surface area contributed by atoms with Gasteiger partial charge in [-0.3, -0.25) is 8.97 Å². The second kappa shape index (κ2) is 9.58. The van der Waals surface area contributed by atoms with E-state index in [1.807, 2.05) is 24.3 Å². The molecule has 4 aromatic heterocycles. The molecule has 10 rings (SSSR count). The van der Waals surface area contributed by atoms with Crippen LogP contribution in [-0.4, -0.2) is 23.9 Å². The molecule has 46 heavy (non-hydrogen) atoms. The normalized spacial score (nSPS) is 11.9. The third-order valence-electron chi connectivity index (χ3n) is 9.10. The molecule has 0 unspecified atom stereocenters. The maximum absolute atomic E-state index is 5.24. The first-order chi connectivity index (χ1) is 22.8. The topological polar surface area (TPSA) is 48.0 Å². The molecule has 5 nitrogen and oxygen atoms in total. The van der Waals surface area contributed by atoms with Gasteiger partial charge >= 0.3 is 0 Å². The van der Waals surface area contributed by atoms with Crippen LogP contribution in [0, 0.1) is 0 Å². The summed E-state index contributed by atoms with van der Waals surface area (Å²) in [5, 5.41) is 5.87. The molecule has 0 aliphatic heterocycles. The van der Waals surface area contributed by atoms with Gasteiger partial charge in [0, 0.05) is 38.7 Å². The molecular formula is C41H25N5. The quantitative estimate of drug-likeness (QED) is 0.193. The van der Waals surface area contributed by atoms with Crippen molar-refractivity contribution in [2.45, 2.75) is 0 Å². The summed E-state index contributed by atoms with van der Waals surface area (Å²) in [6, 6.07) is 52.9. The zero-order valence-electron chi connectivity index (χ0n) is 24.7. The Bertz CT molecular complexity index is 2740. The lowest BCUT2D eigenvalue weighted by Crippen LogP contribution is -2.02. The molecule has 0 spiro atoms. The van der Waals surface area contributed by atoms with Gasteiger partial charge in [0.2, 0.25) is 0 Å². The van der Waals surface area contributed by atoms with Crippen molar-refractivity contribution in [2.75, 3.05) is 0 Å². The molecule has 6 aromatic carbocycles.